The second kappa shape index (κ2) is 7.93. The lowest BCUT2D eigenvalue weighted by Gasteiger charge is -2.15. The van der Waals surface area contributed by atoms with E-state index in [1.54, 1.807) is 19.2 Å². The Morgan fingerprint density at radius 3 is 2.48 bits per heavy atom. The fourth-order valence-corrected chi connectivity index (χ4v) is 3.44. The Morgan fingerprint density at radius 1 is 1.00 bits per heavy atom. The van der Waals surface area contributed by atoms with Crippen molar-refractivity contribution in [2.75, 3.05) is 14.2 Å². The molecule has 3 aromatic carbocycles. The summed E-state index contributed by atoms with van der Waals surface area (Å²) in [6.07, 6.45) is 0. The van der Waals surface area contributed by atoms with Gasteiger partial charge in [0.25, 0.3) is 5.56 Å². The van der Waals surface area contributed by atoms with Gasteiger partial charge in [-0.15, -0.1) is 0 Å². The molecule has 6 nitrogen and oxygen atoms in total. The van der Waals surface area contributed by atoms with Crippen LogP contribution in [-0.2, 0) is 6.54 Å². The molecule has 0 aliphatic heterocycles. The SMILES string of the molecule is COc1cc2nc(CNC(C)c3ccc4ccccc4c3)[nH]c(=O)c2cc1OC. The van der Waals surface area contributed by atoms with Crippen molar-refractivity contribution in [2.45, 2.75) is 19.5 Å². The largest absolute Gasteiger partial charge is 0.493 e. The third-order valence-corrected chi connectivity index (χ3v) is 5.11. The van der Waals surface area contributed by atoms with Gasteiger partial charge in [-0.1, -0.05) is 36.4 Å². The van der Waals surface area contributed by atoms with E-state index in [4.69, 9.17) is 9.47 Å². The van der Waals surface area contributed by atoms with Crippen molar-refractivity contribution in [3.8, 4) is 11.5 Å². The first-order valence-electron chi connectivity index (χ1n) is 9.46. The first kappa shape index (κ1) is 19.0. The van der Waals surface area contributed by atoms with Crippen molar-refractivity contribution >= 4 is 21.7 Å². The molecule has 0 fully saturated rings. The lowest BCUT2D eigenvalue weighted by Crippen LogP contribution is -2.22. The summed E-state index contributed by atoms with van der Waals surface area (Å²) in [6.45, 7) is 2.53. The van der Waals surface area contributed by atoms with Crippen LogP contribution < -0.4 is 20.3 Å². The summed E-state index contributed by atoms with van der Waals surface area (Å²) in [5, 5.41) is 6.32. The molecule has 1 unspecified atom stereocenters. The Balaban J connectivity index is 1.57. The molecule has 6 heteroatoms. The summed E-state index contributed by atoms with van der Waals surface area (Å²) in [6, 6.07) is 18.2. The highest BCUT2D eigenvalue weighted by atomic mass is 16.5. The smallest absolute Gasteiger partial charge is 0.258 e. The van der Waals surface area contributed by atoms with Crippen molar-refractivity contribution in [2.24, 2.45) is 0 Å². The third kappa shape index (κ3) is 3.79. The highest BCUT2D eigenvalue weighted by Crippen LogP contribution is 2.30. The van der Waals surface area contributed by atoms with Gasteiger partial charge in [0.05, 0.1) is 31.7 Å². The van der Waals surface area contributed by atoms with Crippen LogP contribution >= 0.6 is 0 Å². The number of nitrogens with one attached hydrogen (secondary N) is 2. The molecule has 1 heterocycles. The summed E-state index contributed by atoms with van der Waals surface area (Å²) >= 11 is 0. The van der Waals surface area contributed by atoms with Gasteiger partial charge in [0, 0.05) is 12.1 Å². The van der Waals surface area contributed by atoms with Crippen LogP contribution in [0.1, 0.15) is 24.4 Å². The van der Waals surface area contributed by atoms with Crippen LogP contribution in [0, 0.1) is 0 Å². The minimum atomic E-state index is -0.203. The zero-order chi connectivity index (χ0) is 20.4. The standard InChI is InChI=1S/C23H23N3O3/c1-14(16-9-8-15-6-4-5-7-17(15)10-16)24-13-22-25-19-12-21(29-3)20(28-2)11-18(19)23(27)26-22/h4-12,14,24H,13H2,1-3H3,(H,25,26,27). The van der Waals surface area contributed by atoms with Crippen LogP contribution in [-0.4, -0.2) is 24.2 Å². The average molecular weight is 389 g/mol. The van der Waals surface area contributed by atoms with Gasteiger partial charge in [0.1, 0.15) is 5.82 Å². The molecule has 0 bridgehead atoms. The summed E-state index contributed by atoms with van der Waals surface area (Å²) in [5.41, 5.74) is 1.55. The maximum absolute atomic E-state index is 12.5. The summed E-state index contributed by atoms with van der Waals surface area (Å²) in [7, 11) is 3.10. The van der Waals surface area contributed by atoms with Crippen molar-refractivity contribution < 1.29 is 9.47 Å². The molecular weight excluding hydrogens is 366 g/mol. The molecule has 0 radical (unpaired) electrons. The predicted molar refractivity (Wildman–Crippen MR) is 115 cm³/mol. The Bertz CT molecular complexity index is 1230. The minimum Gasteiger partial charge on any atom is -0.493 e. The molecule has 1 atom stereocenters. The van der Waals surface area contributed by atoms with Gasteiger partial charge in [-0.3, -0.25) is 4.79 Å². The van der Waals surface area contributed by atoms with Gasteiger partial charge >= 0.3 is 0 Å². The van der Waals surface area contributed by atoms with E-state index in [2.05, 4.69) is 52.5 Å². The number of benzene rings is 3. The normalized spacial score (nSPS) is 12.2. The van der Waals surface area contributed by atoms with Gasteiger partial charge in [-0.25, -0.2) is 4.98 Å². The Labute approximate surface area is 168 Å². The molecule has 0 aliphatic carbocycles. The molecule has 1 aromatic heterocycles. The van der Waals surface area contributed by atoms with Crippen molar-refractivity contribution in [3.05, 3.63) is 76.3 Å². The van der Waals surface area contributed by atoms with Crippen molar-refractivity contribution in [1.29, 1.82) is 0 Å². The Kier molecular flexibility index (Phi) is 5.18. The molecule has 2 N–H and O–H groups in total. The van der Waals surface area contributed by atoms with E-state index in [1.165, 1.54) is 23.4 Å². The Morgan fingerprint density at radius 2 is 1.72 bits per heavy atom. The molecular formula is C23H23N3O3. The van der Waals surface area contributed by atoms with Gasteiger partial charge in [0.15, 0.2) is 11.5 Å². The monoisotopic (exact) mass is 389 g/mol. The molecule has 148 valence electrons. The maximum atomic E-state index is 12.5. The summed E-state index contributed by atoms with van der Waals surface area (Å²) < 4.78 is 10.6. The molecule has 0 spiro atoms. The number of methoxy groups -OCH3 is 2. The van der Waals surface area contributed by atoms with Gasteiger partial charge in [-0.2, -0.15) is 0 Å². The molecule has 29 heavy (non-hydrogen) atoms. The van der Waals surface area contributed by atoms with Crippen LogP contribution in [0.4, 0.5) is 0 Å². The van der Waals surface area contributed by atoms with Crippen LogP contribution in [0.2, 0.25) is 0 Å². The number of hydrogen-bond donors (Lipinski definition) is 2. The molecule has 4 aromatic rings. The number of rotatable bonds is 6. The first-order chi connectivity index (χ1) is 14.1. The molecule has 0 saturated carbocycles. The molecule has 0 aliphatic rings. The zero-order valence-corrected chi connectivity index (χ0v) is 16.7. The number of nitrogens with zero attached hydrogens (tertiary/aromatic N) is 1. The minimum absolute atomic E-state index is 0.103. The van der Waals surface area contributed by atoms with Gasteiger partial charge in [-0.05, 0) is 35.4 Å². The number of fused-ring (bicyclic) bond motifs is 2. The second-order valence-corrected chi connectivity index (χ2v) is 6.95. The van der Waals surface area contributed by atoms with E-state index < -0.39 is 0 Å². The summed E-state index contributed by atoms with van der Waals surface area (Å²) in [4.78, 5) is 19.9. The van der Waals surface area contributed by atoms with Crippen LogP contribution in [0.15, 0.2) is 59.4 Å². The maximum Gasteiger partial charge on any atom is 0.258 e. The van der Waals surface area contributed by atoms with Crippen molar-refractivity contribution in [3.63, 3.8) is 0 Å². The van der Waals surface area contributed by atoms with E-state index in [-0.39, 0.29) is 11.6 Å². The summed E-state index contributed by atoms with van der Waals surface area (Å²) in [5.74, 6) is 1.62. The second-order valence-electron chi connectivity index (χ2n) is 6.95. The number of hydrogen-bond acceptors (Lipinski definition) is 5. The zero-order valence-electron chi connectivity index (χ0n) is 16.7. The molecule has 4 rings (SSSR count). The molecule has 0 amide bonds. The van der Waals surface area contributed by atoms with E-state index in [0.717, 1.165) is 0 Å². The van der Waals surface area contributed by atoms with E-state index >= 15 is 0 Å². The first-order valence-corrected chi connectivity index (χ1v) is 9.46. The van der Waals surface area contributed by atoms with E-state index in [9.17, 15) is 4.79 Å². The highest BCUT2D eigenvalue weighted by Gasteiger charge is 2.12. The van der Waals surface area contributed by atoms with Gasteiger partial charge < -0.3 is 19.8 Å². The van der Waals surface area contributed by atoms with E-state index in [0.29, 0.717) is 34.8 Å². The van der Waals surface area contributed by atoms with Gasteiger partial charge in [0.2, 0.25) is 0 Å². The lowest BCUT2D eigenvalue weighted by atomic mass is 10.0. The fraction of sp³-hybridized carbons (Fsp3) is 0.217. The highest BCUT2D eigenvalue weighted by molar-refractivity contribution is 5.83. The third-order valence-electron chi connectivity index (χ3n) is 5.11. The van der Waals surface area contributed by atoms with Crippen LogP contribution in [0.5, 0.6) is 11.5 Å². The fourth-order valence-electron chi connectivity index (χ4n) is 3.44. The number of aromatic amines is 1. The van der Waals surface area contributed by atoms with Crippen LogP contribution in [0.25, 0.3) is 21.7 Å². The number of ether oxygens (including phenoxy) is 2. The van der Waals surface area contributed by atoms with Crippen molar-refractivity contribution in [1.82, 2.24) is 15.3 Å². The van der Waals surface area contributed by atoms with E-state index in [1.807, 2.05) is 12.1 Å². The quantitative estimate of drug-likeness (QED) is 0.522. The number of aromatic nitrogens is 2. The predicted octanol–water partition coefficient (Wildman–Crippen LogP) is 3.94. The number of H-pyrrole nitrogens is 1. The topological polar surface area (TPSA) is 76.2 Å². The Hall–Kier alpha value is -3.38. The average Bonchev–Trinajstić information content (AvgIpc) is 2.76. The van der Waals surface area contributed by atoms with Crippen LogP contribution in [0.3, 0.4) is 0 Å². The molecule has 0 saturated heterocycles. The lowest BCUT2D eigenvalue weighted by molar-refractivity contribution is 0.355.